The molecule has 8 nitrogen and oxygen atoms in total. The molecule has 1 saturated heterocycles. The van der Waals surface area contributed by atoms with Crippen molar-refractivity contribution in [1.82, 2.24) is 9.55 Å². The van der Waals surface area contributed by atoms with Gasteiger partial charge in [0.15, 0.2) is 0 Å². The smallest absolute Gasteiger partial charge is 0.414 e. The third kappa shape index (κ3) is 4.73. The number of halogens is 2. The van der Waals surface area contributed by atoms with Crippen molar-refractivity contribution in [3.63, 3.8) is 0 Å². The molecule has 0 bridgehead atoms. The Hall–Kier alpha value is -3.53. The number of aliphatic carboxylic acids is 1. The van der Waals surface area contributed by atoms with Crippen molar-refractivity contribution < 1.29 is 33.0 Å². The van der Waals surface area contributed by atoms with Gasteiger partial charge in [-0.05, 0) is 44.4 Å². The molecule has 2 aliphatic heterocycles. The Kier molecular flexibility index (Phi) is 6.85. The molecule has 1 aromatic heterocycles. The molecule has 5 rings (SSSR count). The fourth-order valence-corrected chi connectivity index (χ4v) is 5.68. The lowest BCUT2D eigenvalue weighted by atomic mass is 9.94. The number of aryl methyl sites for hydroxylation is 2. The molecule has 10 heteroatoms. The number of nitrogens with zero attached hydrogens (tertiary/aromatic N) is 3. The second-order valence-electron chi connectivity index (χ2n) is 10.3. The van der Waals surface area contributed by atoms with Crippen LogP contribution in [-0.4, -0.2) is 59.0 Å². The summed E-state index contributed by atoms with van der Waals surface area (Å²) < 4.78 is 40.9. The van der Waals surface area contributed by atoms with Crippen molar-refractivity contribution in [3.05, 3.63) is 58.9 Å². The fraction of sp³-hybridized carbons (Fsp3) is 0.464. The number of ether oxygens (including phenoxy) is 2. The van der Waals surface area contributed by atoms with Crippen LogP contribution in [-0.2, 0) is 27.1 Å². The lowest BCUT2D eigenvalue weighted by Crippen LogP contribution is -2.42. The second kappa shape index (κ2) is 9.98. The highest BCUT2D eigenvalue weighted by atomic mass is 19.3. The maximum atomic E-state index is 14.5. The Balaban J connectivity index is 1.66. The van der Waals surface area contributed by atoms with Crippen molar-refractivity contribution in [2.75, 3.05) is 25.2 Å². The van der Waals surface area contributed by atoms with Gasteiger partial charge >= 0.3 is 12.1 Å². The van der Waals surface area contributed by atoms with E-state index in [0.29, 0.717) is 41.0 Å². The standard InChI is InChI=1S/C28H31F2N3O5/c1-16-4-7-18(8-5-16)21(26(34)35)12-24-31-25-20-9-6-17(2)32(27(36)37-3)22(20)10-11-23(25)33(24)19-13-28(29,30)15-38-14-19/h4-5,7-8,10-11,17,19,21H,6,9,12-15H2,1-3H3,(H,34,35)/t17-,19+,21?/m0/s1. The van der Waals surface area contributed by atoms with Gasteiger partial charge < -0.3 is 19.1 Å². The van der Waals surface area contributed by atoms with Gasteiger partial charge in [0.25, 0.3) is 5.92 Å². The highest BCUT2D eigenvalue weighted by Crippen LogP contribution is 2.40. The first-order valence-corrected chi connectivity index (χ1v) is 12.7. The van der Waals surface area contributed by atoms with Crippen LogP contribution in [0.1, 0.15) is 54.2 Å². The van der Waals surface area contributed by atoms with E-state index < -0.39 is 43.0 Å². The quantitative estimate of drug-likeness (QED) is 0.487. The molecule has 1 unspecified atom stereocenters. The summed E-state index contributed by atoms with van der Waals surface area (Å²) in [4.78, 5) is 31.4. The van der Waals surface area contributed by atoms with Crippen LogP contribution >= 0.6 is 0 Å². The van der Waals surface area contributed by atoms with Crippen LogP contribution in [0.4, 0.5) is 19.3 Å². The number of carboxylic acids is 1. The van der Waals surface area contributed by atoms with E-state index in [2.05, 4.69) is 0 Å². The Morgan fingerprint density at radius 3 is 2.63 bits per heavy atom. The van der Waals surface area contributed by atoms with E-state index in [9.17, 15) is 23.5 Å². The Morgan fingerprint density at radius 2 is 1.97 bits per heavy atom. The molecule has 2 aromatic carbocycles. The second-order valence-corrected chi connectivity index (χ2v) is 10.3. The van der Waals surface area contributed by atoms with E-state index in [1.807, 2.05) is 26.0 Å². The molecule has 1 amide bonds. The summed E-state index contributed by atoms with van der Waals surface area (Å²) in [5.41, 5.74) is 4.30. The number of carboxylic acid groups (broad SMARTS) is 1. The number of imidazole rings is 1. The minimum Gasteiger partial charge on any atom is -0.481 e. The van der Waals surface area contributed by atoms with Crippen molar-refractivity contribution in [3.8, 4) is 0 Å². The van der Waals surface area contributed by atoms with E-state index >= 15 is 0 Å². The van der Waals surface area contributed by atoms with Crippen LogP contribution in [0.15, 0.2) is 36.4 Å². The molecular formula is C28H31F2N3O5. The van der Waals surface area contributed by atoms with Crippen LogP contribution in [0.3, 0.4) is 0 Å². The van der Waals surface area contributed by atoms with Gasteiger partial charge in [-0.3, -0.25) is 9.69 Å². The number of carbonyl (C=O) groups excluding carboxylic acids is 1. The number of carbonyl (C=O) groups is 2. The number of benzene rings is 2. The number of rotatable bonds is 5. The van der Waals surface area contributed by atoms with Crippen molar-refractivity contribution in [2.45, 2.75) is 63.5 Å². The molecule has 3 heterocycles. The number of hydrogen-bond donors (Lipinski definition) is 1. The molecule has 2 aliphatic rings. The summed E-state index contributed by atoms with van der Waals surface area (Å²) in [6.07, 6.45) is 0.407. The van der Waals surface area contributed by atoms with E-state index in [0.717, 1.165) is 11.1 Å². The summed E-state index contributed by atoms with van der Waals surface area (Å²) in [6, 6.07) is 10.0. The Morgan fingerprint density at radius 1 is 1.24 bits per heavy atom. The zero-order valence-corrected chi connectivity index (χ0v) is 21.6. The van der Waals surface area contributed by atoms with Gasteiger partial charge in [0.1, 0.15) is 12.4 Å². The molecule has 0 radical (unpaired) electrons. The minimum atomic E-state index is -3.01. The molecule has 38 heavy (non-hydrogen) atoms. The lowest BCUT2D eigenvalue weighted by Gasteiger charge is -2.34. The molecule has 1 N–H and O–H groups in total. The third-order valence-corrected chi connectivity index (χ3v) is 7.59. The van der Waals surface area contributed by atoms with Gasteiger partial charge in [0.05, 0.1) is 42.4 Å². The number of fused-ring (bicyclic) bond motifs is 3. The first-order chi connectivity index (χ1) is 18.1. The zero-order chi connectivity index (χ0) is 27.2. The van der Waals surface area contributed by atoms with Gasteiger partial charge in [-0.2, -0.15) is 0 Å². The highest BCUT2D eigenvalue weighted by Gasteiger charge is 2.40. The van der Waals surface area contributed by atoms with E-state index in [1.54, 1.807) is 33.7 Å². The molecule has 0 aliphatic carbocycles. The number of methoxy groups -OCH3 is 1. The Labute approximate surface area is 219 Å². The van der Waals surface area contributed by atoms with E-state index in [-0.39, 0.29) is 19.1 Å². The zero-order valence-electron chi connectivity index (χ0n) is 21.6. The van der Waals surface area contributed by atoms with Crippen molar-refractivity contribution >= 4 is 28.8 Å². The summed E-state index contributed by atoms with van der Waals surface area (Å²) in [5.74, 6) is -4.55. The molecule has 3 aromatic rings. The van der Waals surface area contributed by atoms with Crippen LogP contribution in [0, 0.1) is 6.92 Å². The lowest BCUT2D eigenvalue weighted by molar-refractivity contribution is -0.139. The number of aromatic nitrogens is 2. The topological polar surface area (TPSA) is 93.9 Å². The summed E-state index contributed by atoms with van der Waals surface area (Å²) in [5, 5.41) is 10.1. The van der Waals surface area contributed by atoms with Crippen LogP contribution in [0.5, 0.6) is 0 Å². The summed E-state index contributed by atoms with van der Waals surface area (Å²) in [7, 11) is 1.33. The molecule has 1 fully saturated rings. The average Bonchev–Trinajstić information content (AvgIpc) is 3.25. The number of amides is 1. The molecule has 202 valence electrons. The average molecular weight is 528 g/mol. The maximum Gasteiger partial charge on any atom is 0.414 e. The predicted molar refractivity (Wildman–Crippen MR) is 137 cm³/mol. The van der Waals surface area contributed by atoms with Gasteiger partial charge in [-0.25, -0.2) is 18.6 Å². The predicted octanol–water partition coefficient (Wildman–Crippen LogP) is 5.26. The Bertz CT molecular complexity index is 1370. The SMILES string of the molecule is COC(=O)N1c2ccc3c(nc(CC(C(=O)O)c4ccc(C)cc4)n3[C@H]3COCC(F)(F)C3)c2CC[C@@H]1C. The molecular weight excluding hydrogens is 496 g/mol. The number of anilines is 1. The molecule has 0 spiro atoms. The van der Waals surface area contributed by atoms with Gasteiger partial charge in [0.2, 0.25) is 0 Å². The first kappa shape index (κ1) is 26.1. The minimum absolute atomic E-state index is 0.0149. The summed E-state index contributed by atoms with van der Waals surface area (Å²) in [6.45, 7) is 3.28. The van der Waals surface area contributed by atoms with Crippen LogP contribution in [0.25, 0.3) is 11.0 Å². The van der Waals surface area contributed by atoms with Crippen LogP contribution < -0.4 is 4.90 Å². The molecule has 0 saturated carbocycles. The van der Waals surface area contributed by atoms with Gasteiger partial charge in [-0.1, -0.05) is 29.8 Å². The highest BCUT2D eigenvalue weighted by molar-refractivity contribution is 5.95. The van der Waals surface area contributed by atoms with E-state index in [1.165, 1.54) is 7.11 Å². The largest absolute Gasteiger partial charge is 0.481 e. The normalized spacial score (nSPS) is 21.7. The molecule has 3 atom stereocenters. The monoisotopic (exact) mass is 527 g/mol. The fourth-order valence-electron chi connectivity index (χ4n) is 5.68. The van der Waals surface area contributed by atoms with Crippen molar-refractivity contribution in [2.24, 2.45) is 0 Å². The van der Waals surface area contributed by atoms with E-state index in [4.69, 9.17) is 14.5 Å². The first-order valence-electron chi connectivity index (χ1n) is 12.7. The third-order valence-electron chi connectivity index (χ3n) is 7.59. The number of hydrogen-bond acceptors (Lipinski definition) is 5. The van der Waals surface area contributed by atoms with Crippen LogP contribution in [0.2, 0.25) is 0 Å². The maximum absolute atomic E-state index is 14.5. The van der Waals surface area contributed by atoms with Gasteiger partial charge in [-0.15, -0.1) is 0 Å². The summed E-state index contributed by atoms with van der Waals surface area (Å²) >= 11 is 0. The van der Waals surface area contributed by atoms with Gasteiger partial charge in [0, 0.05) is 24.4 Å². The number of alkyl halides is 2. The van der Waals surface area contributed by atoms with Crippen molar-refractivity contribution in [1.29, 1.82) is 0 Å².